The van der Waals surface area contributed by atoms with Crippen LogP contribution >= 0.6 is 0 Å². The molecule has 1 aromatic heterocycles. The van der Waals surface area contributed by atoms with Crippen molar-refractivity contribution >= 4 is 17.2 Å². The van der Waals surface area contributed by atoms with Crippen molar-refractivity contribution in [1.82, 2.24) is 14.8 Å². The number of piperazine rings is 1. The van der Waals surface area contributed by atoms with Crippen LogP contribution in [-0.4, -0.2) is 66.5 Å². The van der Waals surface area contributed by atoms with Crippen molar-refractivity contribution < 1.29 is 9.53 Å². The van der Waals surface area contributed by atoms with Gasteiger partial charge in [-0.05, 0) is 23.8 Å². The minimum Gasteiger partial charge on any atom is -0.378 e. The fourth-order valence-corrected chi connectivity index (χ4v) is 3.33. The molecule has 0 saturated carbocycles. The molecule has 0 radical (unpaired) electrons. The molecule has 3 heterocycles. The van der Waals surface area contributed by atoms with Crippen molar-refractivity contribution in [3.63, 3.8) is 0 Å². The highest BCUT2D eigenvalue weighted by Crippen LogP contribution is 2.18. The Balaban J connectivity index is 1.40. The Bertz CT molecular complexity index is 706. The molecule has 2 fully saturated rings. The molecule has 4 rings (SSSR count). The van der Waals surface area contributed by atoms with Gasteiger partial charge in [0.2, 0.25) is 0 Å². The summed E-state index contributed by atoms with van der Waals surface area (Å²) in [5.74, 6) is 0. The molecule has 2 aliphatic heterocycles. The first-order chi connectivity index (χ1) is 11.3. The fourth-order valence-electron chi connectivity index (χ4n) is 3.33. The first-order valence-corrected chi connectivity index (χ1v) is 8.21. The van der Waals surface area contributed by atoms with E-state index < -0.39 is 0 Å². The summed E-state index contributed by atoms with van der Waals surface area (Å²) < 4.78 is 5.28. The summed E-state index contributed by atoms with van der Waals surface area (Å²) >= 11 is 0. The summed E-state index contributed by atoms with van der Waals surface area (Å²) in [6.45, 7) is 7.26. The maximum absolute atomic E-state index is 10.8. The molecule has 2 aromatic rings. The number of benzene rings is 1. The van der Waals surface area contributed by atoms with Crippen LogP contribution in [0.2, 0.25) is 0 Å². The molecule has 2 saturated heterocycles. The second-order valence-corrected chi connectivity index (χ2v) is 6.38. The van der Waals surface area contributed by atoms with E-state index in [0.717, 1.165) is 63.1 Å². The lowest BCUT2D eigenvalue weighted by Crippen LogP contribution is -2.56. The van der Waals surface area contributed by atoms with Gasteiger partial charge in [0.05, 0.1) is 24.8 Å². The van der Waals surface area contributed by atoms with Gasteiger partial charge in [-0.3, -0.25) is 14.6 Å². The zero-order chi connectivity index (χ0) is 15.6. The quantitative estimate of drug-likeness (QED) is 0.802. The average Bonchev–Trinajstić information content (AvgIpc) is 2.54. The van der Waals surface area contributed by atoms with Gasteiger partial charge in [-0.2, -0.15) is 0 Å². The molecule has 0 unspecified atom stereocenters. The Hall–Kier alpha value is -1.82. The lowest BCUT2D eigenvalue weighted by atomic mass is 10.1. The molecule has 23 heavy (non-hydrogen) atoms. The molecule has 0 amide bonds. The SMILES string of the molecule is O=Cc1ccc2cc(CN3CCN(C4COC4)CC3)ccc2n1. The second kappa shape index (κ2) is 6.35. The lowest BCUT2D eigenvalue weighted by Gasteiger charge is -2.42. The van der Waals surface area contributed by atoms with Crippen molar-refractivity contribution in [2.24, 2.45) is 0 Å². The Morgan fingerprint density at radius 2 is 1.96 bits per heavy atom. The predicted molar refractivity (Wildman–Crippen MR) is 88.6 cm³/mol. The molecule has 0 atom stereocenters. The van der Waals surface area contributed by atoms with E-state index >= 15 is 0 Å². The third-order valence-corrected chi connectivity index (χ3v) is 4.85. The number of fused-ring (bicyclic) bond motifs is 1. The number of hydrogen-bond acceptors (Lipinski definition) is 5. The summed E-state index contributed by atoms with van der Waals surface area (Å²) in [5.41, 5.74) is 2.67. The van der Waals surface area contributed by atoms with Crippen molar-refractivity contribution in [2.45, 2.75) is 12.6 Å². The van der Waals surface area contributed by atoms with E-state index in [2.05, 4.69) is 26.9 Å². The number of rotatable bonds is 4. The number of nitrogens with zero attached hydrogens (tertiary/aromatic N) is 3. The van der Waals surface area contributed by atoms with Crippen molar-refractivity contribution in [3.05, 3.63) is 41.6 Å². The van der Waals surface area contributed by atoms with Crippen LogP contribution in [-0.2, 0) is 11.3 Å². The Morgan fingerprint density at radius 3 is 2.65 bits per heavy atom. The van der Waals surface area contributed by atoms with Gasteiger partial charge >= 0.3 is 0 Å². The van der Waals surface area contributed by atoms with Gasteiger partial charge in [-0.1, -0.05) is 12.1 Å². The summed E-state index contributed by atoms with van der Waals surface area (Å²) in [5, 5.41) is 1.10. The van der Waals surface area contributed by atoms with Gasteiger partial charge in [0, 0.05) is 38.1 Å². The normalized spacial score (nSPS) is 20.5. The molecule has 5 nitrogen and oxygen atoms in total. The summed E-state index contributed by atoms with van der Waals surface area (Å²) in [4.78, 5) is 20.2. The molecule has 120 valence electrons. The number of carbonyl (C=O) groups excluding carboxylic acids is 1. The van der Waals surface area contributed by atoms with E-state index in [1.165, 1.54) is 5.56 Å². The van der Waals surface area contributed by atoms with Gasteiger partial charge in [0.25, 0.3) is 0 Å². The van der Waals surface area contributed by atoms with Crippen LogP contribution in [0.4, 0.5) is 0 Å². The lowest BCUT2D eigenvalue weighted by molar-refractivity contribution is -0.0774. The zero-order valence-corrected chi connectivity index (χ0v) is 13.1. The molecule has 0 N–H and O–H groups in total. The fraction of sp³-hybridized carbons (Fsp3) is 0.444. The summed E-state index contributed by atoms with van der Waals surface area (Å²) in [6.07, 6.45) is 0.792. The summed E-state index contributed by atoms with van der Waals surface area (Å²) in [7, 11) is 0. The first kappa shape index (κ1) is 14.8. The Kier molecular flexibility index (Phi) is 4.08. The number of carbonyl (C=O) groups is 1. The van der Waals surface area contributed by atoms with Crippen LogP contribution in [0.15, 0.2) is 30.3 Å². The molecular formula is C18H21N3O2. The summed E-state index contributed by atoms with van der Waals surface area (Å²) in [6, 6.07) is 10.7. The van der Waals surface area contributed by atoms with Crippen LogP contribution < -0.4 is 0 Å². The van der Waals surface area contributed by atoms with Gasteiger partial charge in [0.1, 0.15) is 5.69 Å². The van der Waals surface area contributed by atoms with Crippen LogP contribution in [0.5, 0.6) is 0 Å². The van der Waals surface area contributed by atoms with Crippen LogP contribution in [0.3, 0.4) is 0 Å². The molecule has 2 aliphatic rings. The number of aldehydes is 1. The third kappa shape index (κ3) is 3.13. The van der Waals surface area contributed by atoms with E-state index in [0.29, 0.717) is 11.7 Å². The van der Waals surface area contributed by atoms with Gasteiger partial charge in [0.15, 0.2) is 6.29 Å². The molecular weight excluding hydrogens is 290 g/mol. The van der Waals surface area contributed by atoms with E-state index in [-0.39, 0.29) is 0 Å². The van der Waals surface area contributed by atoms with Crippen LogP contribution in [0.1, 0.15) is 16.1 Å². The Labute approximate surface area is 135 Å². The minimum atomic E-state index is 0.487. The Morgan fingerprint density at radius 1 is 1.13 bits per heavy atom. The molecule has 0 bridgehead atoms. The maximum Gasteiger partial charge on any atom is 0.168 e. The standard InChI is InChI=1S/C18H21N3O2/c22-11-16-3-2-15-9-14(1-4-18(15)19-16)10-20-5-7-21(8-6-20)17-12-23-13-17/h1-4,9,11,17H,5-8,10,12-13H2. The van der Waals surface area contributed by atoms with Crippen molar-refractivity contribution in [2.75, 3.05) is 39.4 Å². The van der Waals surface area contributed by atoms with Gasteiger partial charge in [-0.15, -0.1) is 0 Å². The van der Waals surface area contributed by atoms with Crippen LogP contribution in [0.25, 0.3) is 10.9 Å². The highest BCUT2D eigenvalue weighted by atomic mass is 16.5. The third-order valence-electron chi connectivity index (χ3n) is 4.85. The minimum absolute atomic E-state index is 0.487. The zero-order valence-electron chi connectivity index (χ0n) is 13.1. The van der Waals surface area contributed by atoms with E-state index in [1.54, 1.807) is 6.07 Å². The molecule has 0 aliphatic carbocycles. The van der Waals surface area contributed by atoms with E-state index in [1.807, 2.05) is 12.1 Å². The van der Waals surface area contributed by atoms with Crippen molar-refractivity contribution in [3.8, 4) is 0 Å². The molecule has 0 spiro atoms. The van der Waals surface area contributed by atoms with Crippen molar-refractivity contribution in [1.29, 1.82) is 0 Å². The largest absolute Gasteiger partial charge is 0.378 e. The number of aromatic nitrogens is 1. The number of ether oxygens (including phenoxy) is 1. The number of hydrogen-bond donors (Lipinski definition) is 0. The highest BCUT2D eigenvalue weighted by molar-refractivity contribution is 5.83. The molecule has 1 aromatic carbocycles. The highest BCUT2D eigenvalue weighted by Gasteiger charge is 2.28. The first-order valence-electron chi connectivity index (χ1n) is 8.21. The maximum atomic E-state index is 10.8. The molecule has 5 heteroatoms. The van der Waals surface area contributed by atoms with E-state index in [9.17, 15) is 4.79 Å². The second-order valence-electron chi connectivity index (χ2n) is 6.38. The smallest absolute Gasteiger partial charge is 0.168 e. The van der Waals surface area contributed by atoms with E-state index in [4.69, 9.17) is 4.74 Å². The van der Waals surface area contributed by atoms with Gasteiger partial charge < -0.3 is 4.74 Å². The van der Waals surface area contributed by atoms with Gasteiger partial charge in [-0.25, -0.2) is 4.98 Å². The van der Waals surface area contributed by atoms with Crippen LogP contribution in [0, 0.1) is 0 Å². The topological polar surface area (TPSA) is 45.7 Å². The average molecular weight is 311 g/mol. The monoisotopic (exact) mass is 311 g/mol. The predicted octanol–water partition coefficient (Wildman–Crippen LogP) is 1.56. The number of pyridine rings is 1.